The molecule has 1 fully saturated rings. The third-order valence-electron chi connectivity index (χ3n) is 3.96. The molecule has 0 saturated carbocycles. The average molecular weight is 340 g/mol. The summed E-state index contributed by atoms with van der Waals surface area (Å²) in [7, 11) is 0. The monoisotopic (exact) mass is 340 g/mol. The number of hydrogen-bond donors (Lipinski definition) is 0. The van der Waals surface area contributed by atoms with Crippen molar-refractivity contribution in [1.82, 2.24) is 9.80 Å². The Bertz CT molecular complexity index is 797. The van der Waals surface area contributed by atoms with E-state index >= 15 is 0 Å². The highest BCUT2D eigenvalue weighted by atomic mass is 19.4. The van der Waals surface area contributed by atoms with Gasteiger partial charge in [0.1, 0.15) is 24.4 Å². The molecule has 1 aliphatic heterocycles. The maximum atomic E-state index is 12.7. The van der Waals surface area contributed by atoms with Gasteiger partial charge in [-0.05, 0) is 13.0 Å². The van der Waals surface area contributed by atoms with Gasteiger partial charge in [-0.1, -0.05) is 18.2 Å². The van der Waals surface area contributed by atoms with Crippen LogP contribution in [0.5, 0.6) is 0 Å². The standard InChI is InChI=1S/C16H15F3N2O3/c1-10-14(11-4-2-3-5-12(11)24-10)15(23)20-6-7-21(13(22)8-20)9-16(17,18)19/h2-5H,6-9H2,1H3. The Morgan fingerprint density at radius 3 is 2.62 bits per heavy atom. The summed E-state index contributed by atoms with van der Waals surface area (Å²) in [6, 6.07) is 7.01. The van der Waals surface area contributed by atoms with Crippen LogP contribution in [-0.2, 0) is 4.79 Å². The van der Waals surface area contributed by atoms with Gasteiger partial charge in [-0.15, -0.1) is 0 Å². The van der Waals surface area contributed by atoms with Crippen molar-refractivity contribution in [3.05, 3.63) is 35.6 Å². The van der Waals surface area contributed by atoms with Crippen LogP contribution in [0.25, 0.3) is 11.0 Å². The second-order valence-corrected chi connectivity index (χ2v) is 5.69. The molecule has 1 saturated heterocycles. The zero-order chi connectivity index (χ0) is 17.5. The Morgan fingerprint density at radius 1 is 1.25 bits per heavy atom. The minimum absolute atomic E-state index is 0.0552. The number of carbonyl (C=O) groups is 2. The molecule has 0 atom stereocenters. The zero-order valence-corrected chi connectivity index (χ0v) is 12.9. The number of para-hydroxylation sites is 1. The van der Waals surface area contributed by atoms with Gasteiger partial charge in [0.05, 0.1) is 5.56 Å². The number of alkyl halides is 3. The largest absolute Gasteiger partial charge is 0.461 e. The zero-order valence-electron chi connectivity index (χ0n) is 12.9. The second-order valence-electron chi connectivity index (χ2n) is 5.69. The molecular weight excluding hydrogens is 325 g/mol. The Hall–Kier alpha value is -2.51. The van der Waals surface area contributed by atoms with Gasteiger partial charge < -0.3 is 14.2 Å². The third-order valence-corrected chi connectivity index (χ3v) is 3.96. The van der Waals surface area contributed by atoms with Gasteiger partial charge in [0, 0.05) is 18.5 Å². The molecule has 5 nitrogen and oxygen atoms in total. The minimum atomic E-state index is -4.45. The molecule has 8 heteroatoms. The van der Waals surface area contributed by atoms with E-state index in [0.29, 0.717) is 22.3 Å². The Balaban J connectivity index is 1.79. The van der Waals surface area contributed by atoms with E-state index < -0.39 is 24.5 Å². The van der Waals surface area contributed by atoms with Gasteiger partial charge in [0.2, 0.25) is 5.91 Å². The van der Waals surface area contributed by atoms with E-state index in [1.165, 1.54) is 4.90 Å². The highest BCUT2D eigenvalue weighted by Gasteiger charge is 2.37. The smallest absolute Gasteiger partial charge is 0.406 e. The van der Waals surface area contributed by atoms with Gasteiger partial charge in [-0.25, -0.2) is 0 Å². The average Bonchev–Trinajstić information content (AvgIpc) is 2.83. The normalized spacial score (nSPS) is 16.1. The first-order valence-corrected chi connectivity index (χ1v) is 7.38. The van der Waals surface area contributed by atoms with Crippen LogP contribution in [0.1, 0.15) is 16.1 Å². The molecule has 0 spiro atoms. The number of rotatable bonds is 2. The summed E-state index contributed by atoms with van der Waals surface area (Å²) in [5.41, 5.74) is 0.906. The van der Waals surface area contributed by atoms with E-state index in [0.717, 1.165) is 4.90 Å². The molecule has 0 aliphatic carbocycles. The van der Waals surface area contributed by atoms with Gasteiger partial charge in [-0.3, -0.25) is 9.59 Å². The molecular formula is C16H15F3N2O3. The van der Waals surface area contributed by atoms with Crippen LogP contribution in [0.15, 0.2) is 28.7 Å². The number of amides is 2. The van der Waals surface area contributed by atoms with Crippen molar-refractivity contribution in [2.24, 2.45) is 0 Å². The van der Waals surface area contributed by atoms with Crippen LogP contribution in [0.3, 0.4) is 0 Å². The van der Waals surface area contributed by atoms with Crippen LogP contribution < -0.4 is 0 Å². The predicted molar refractivity (Wildman–Crippen MR) is 79.5 cm³/mol. The quantitative estimate of drug-likeness (QED) is 0.844. The number of piperazine rings is 1. The molecule has 1 aliphatic rings. The Morgan fingerprint density at radius 2 is 1.96 bits per heavy atom. The van der Waals surface area contributed by atoms with Crippen molar-refractivity contribution in [1.29, 1.82) is 0 Å². The molecule has 1 aromatic heterocycles. The lowest BCUT2D eigenvalue weighted by molar-refractivity contribution is -0.164. The number of aryl methyl sites for hydroxylation is 1. The summed E-state index contributed by atoms with van der Waals surface area (Å²) >= 11 is 0. The van der Waals surface area contributed by atoms with Gasteiger partial charge in [0.25, 0.3) is 5.91 Å². The summed E-state index contributed by atoms with van der Waals surface area (Å²) < 4.78 is 42.8. The fourth-order valence-corrected chi connectivity index (χ4v) is 2.86. The molecule has 3 rings (SSSR count). The SMILES string of the molecule is Cc1oc2ccccc2c1C(=O)N1CCN(CC(F)(F)F)C(=O)C1. The first-order chi connectivity index (χ1) is 11.3. The van der Waals surface area contributed by atoms with Crippen LogP contribution in [0, 0.1) is 6.92 Å². The number of benzene rings is 1. The van der Waals surface area contributed by atoms with E-state index in [4.69, 9.17) is 4.42 Å². The Kier molecular flexibility index (Phi) is 3.98. The van der Waals surface area contributed by atoms with Crippen LogP contribution in [0.4, 0.5) is 13.2 Å². The van der Waals surface area contributed by atoms with Crippen LogP contribution >= 0.6 is 0 Å². The maximum Gasteiger partial charge on any atom is 0.406 e. The number of halogens is 3. The second kappa shape index (κ2) is 5.85. The van der Waals surface area contributed by atoms with E-state index in [1.807, 2.05) is 0 Å². The van der Waals surface area contributed by atoms with Crippen molar-refractivity contribution in [3.63, 3.8) is 0 Å². The van der Waals surface area contributed by atoms with E-state index in [1.54, 1.807) is 31.2 Å². The molecule has 2 amide bonds. The summed E-state index contributed by atoms with van der Waals surface area (Å²) in [6.07, 6.45) is -4.45. The fraction of sp³-hybridized carbons (Fsp3) is 0.375. The first-order valence-electron chi connectivity index (χ1n) is 7.38. The summed E-state index contributed by atoms with van der Waals surface area (Å²) in [5.74, 6) is -0.693. The number of carbonyl (C=O) groups excluding carboxylic acids is 2. The number of fused-ring (bicyclic) bond motifs is 1. The van der Waals surface area contributed by atoms with Gasteiger partial charge >= 0.3 is 6.18 Å². The summed E-state index contributed by atoms with van der Waals surface area (Å²) in [5, 5.41) is 0.630. The highest BCUT2D eigenvalue weighted by Crippen LogP contribution is 2.27. The van der Waals surface area contributed by atoms with Crippen molar-refractivity contribution >= 4 is 22.8 Å². The van der Waals surface area contributed by atoms with Gasteiger partial charge in [-0.2, -0.15) is 13.2 Å². The van der Waals surface area contributed by atoms with Crippen LogP contribution in [0.2, 0.25) is 0 Å². The number of furan rings is 1. The van der Waals surface area contributed by atoms with E-state index in [9.17, 15) is 22.8 Å². The van der Waals surface area contributed by atoms with Gasteiger partial charge in [0.15, 0.2) is 0 Å². The number of nitrogens with zero attached hydrogens (tertiary/aromatic N) is 2. The highest BCUT2D eigenvalue weighted by molar-refractivity contribution is 6.08. The van der Waals surface area contributed by atoms with E-state index in [2.05, 4.69) is 0 Å². The topological polar surface area (TPSA) is 53.8 Å². The van der Waals surface area contributed by atoms with Crippen molar-refractivity contribution < 1.29 is 27.2 Å². The summed E-state index contributed by atoms with van der Waals surface area (Å²) in [6.45, 7) is -0.0944. The molecule has 0 unspecified atom stereocenters. The van der Waals surface area contributed by atoms with Crippen molar-refractivity contribution in [2.45, 2.75) is 13.1 Å². The minimum Gasteiger partial charge on any atom is -0.461 e. The molecule has 128 valence electrons. The number of hydrogen-bond acceptors (Lipinski definition) is 3. The molecule has 0 N–H and O–H groups in total. The first kappa shape index (κ1) is 16.4. The maximum absolute atomic E-state index is 12.7. The molecule has 2 aromatic rings. The lowest BCUT2D eigenvalue weighted by Crippen LogP contribution is -2.54. The third kappa shape index (κ3) is 3.08. The molecule has 1 aromatic carbocycles. The molecule has 24 heavy (non-hydrogen) atoms. The molecule has 2 heterocycles. The van der Waals surface area contributed by atoms with Crippen molar-refractivity contribution in [3.8, 4) is 0 Å². The van der Waals surface area contributed by atoms with Crippen LogP contribution in [-0.4, -0.2) is 54.0 Å². The lowest BCUT2D eigenvalue weighted by Gasteiger charge is -2.34. The molecule has 0 bridgehead atoms. The molecule has 0 radical (unpaired) electrons. The summed E-state index contributed by atoms with van der Waals surface area (Å²) in [4.78, 5) is 26.6. The van der Waals surface area contributed by atoms with Crippen molar-refractivity contribution in [2.75, 3.05) is 26.2 Å². The lowest BCUT2D eigenvalue weighted by atomic mass is 10.1. The predicted octanol–water partition coefficient (Wildman–Crippen LogP) is 2.59. The van der Waals surface area contributed by atoms with E-state index in [-0.39, 0.29) is 19.6 Å². The Labute approximate surface area is 135 Å². The fourth-order valence-electron chi connectivity index (χ4n) is 2.86.